The minimum Gasteiger partial charge on any atom is -0.341 e. The topological polar surface area (TPSA) is 25.2 Å². The van der Waals surface area contributed by atoms with Gasteiger partial charge in [0.05, 0.1) is 5.92 Å². The molecule has 4 aromatic carbocycles. The van der Waals surface area contributed by atoms with Crippen LogP contribution in [0.5, 0.6) is 0 Å². The van der Waals surface area contributed by atoms with Crippen molar-refractivity contribution in [1.29, 1.82) is 0 Å². The molecule has 0 aliphatic carbocycles. The molecular formula is C33H34N2O. The van der Waals surface area contributed by atoms with E-state index in [0.29, 0.717) is 19.0 Å². The molecule has 1 aromatic heterocycles. The van der Waals surface area contributed by atoms with E-state index in [1.807, 2.05) is 36.4 Å². The van der Waals surface area contributed by atoms with Gasteiger partial charge in [0, 0.05) is 41.4 Å². The quantitative estimate of drug-likeness (QED) is 0.227. The van der Waals surface area contributed by atoms with Gasteiger partial charge in [0.1, 0.15) is 0 Å². The van der Waals surface area contributed by atoms with Crippen LogP contribution in [0, 0.1) is 5.92 Å². The standard InChI is InChI=1S/C33H34N2O/c1-4-35-30-18-12-11-17-28(30)29-21-25(19-20-31(29)35)23-34(22-24(2)3)33(36)32(26-13-7-5-8-14-26)27-15-9-6-10-16-27/h5-21,24,32H,4,22-23H2,1-3H3. The van der Waals surface area contributed by atoms with Crippen LogP contribution in [0.2, 0.25) is 0 Å². The lowest BCUT2D eigenvalue weighted by Crippen LogP contribution is -2.37. The van der Waals surface area contributed by atoms with E-state index in [0.717, 1.165) is 23.2 Å². The zero-order valence-electron chi connectivity index (χ0n) is 21.4. The van der Waals surface area contributed by atoms with E-state index in [2.05, 4.69) is 97.0 Å². The first kappa shape index (κ1) is 23.9. The molecule has 5 aromatic rings. The average Bonchev–Trinajstić information content (AvgIpc) is 3.22. The molecule has 0 unspecified atom stereocenters. The van der Waals surface area contributed by atoms with E-state index in [-0.39, 0.29) is 11.8 Å². The zero-order chi connectivity index (χ0) is 25.1. The van der Waals surface area contributed by atoms with Gasteiger partial charge in [-0.2, -0.15) is 0 Å². The Balaban J connectivity index is 1.54. The number of amides is 1. The van der Waals surface area contributed by atoms with Crippen molar-refractivity contribution in [2.45, 2.75) is 39.8 Å². The van der Waals surface area contributed by atoms with Crippen molar-refractivity contribution in [2.75, 3.05) is 6.54 Å². The summed E-state index contributed by atoms with van der Waals surface area (Å²) in [5, 5.41) is 2.52. The highest BCUT2D eigenvalue weighted by Crippen LogP contribution is 2.31. The molecule has 36 heavy (non-hydrogen) atoms. The largest absolute Gasteiger partial charge is 0.341 e. The second-order valence-corrected chi connectivity index (χ2v) is 9.98. The van der Waals surface area contributed by atoms with E-state index in [1.165, 1.54) is 21.8 Å². The SMILES string of the molecule is CCn1c2ccccc2c2cc(CN(CC(C)C)C(=O)C(c3ccccc3)c3ccccc3)ccc21. The first-order chi connectivity index (χ1) is 17.6. The molecule has 0 saturated carbocycles. The molecule has 3 heteroatoms. The van der Waals surface area contributed by atoms with Gasteiger partial charge in [-0.25, -0.2) is 0 Å². The molecule has 0 aliphatic heterocycles. The number of rotatable bonds is 8. The second kappa shape index (κ2) is 10.4. The first-order valence-electron chi connectivity index (χ1n) is 13.0. The summed E-state index contributed by atoms with van der Waals surface area (Å²) in [5.74, 6) is 0.195. The molecule has 0 fully saturated rings. The molecule has 0 bridgehead atoms. The summed E-state index contributed by atoms with van der Waals surface area (Å²) in [6.45, 7) is 8.78. The van der Waals surface area contributed by atoms with Gasteiger partial charge in [-0.1, -0.05) is 98.8 Å². The molecule has 3 nitrogen and oxygen atoms in total. The summed E-state index contributed by atoms with van der Waals surface area (Å²) < 4.78 is 2.37. The number of para-hydroxylation sites is 1. The fraction of sp³-hybridized carbons (Fsp3) is 0.242. The zero-order valence-corrected chi connectivity index (χ0v) is 21.4. The van der Waals surface area contributed by atoms with E-state index < -0.39 is 0 Å². The normalized spacial score (nSPS) is 11.6. The van der Waals surface area contributed by atoms with E-state index in [4.69, 9.17) is 0 Å². The van der Waals surface area contributed by atoms with Gasteiger partial charge in [-0.3, -0.25) is 4.79 Å². The second-order valence-electron chi connectivity index (χ2n) is 9.98. The summed E-state index contributed by atoms with van der Waals surface area (Å²) in [6.07, 6.45) is 0. The van der Waals surface area contributed by atoms with Gasteiger partial charge >= 0.3 is 0 Å². The van der Waals surface area contributed by atoms with Crippen LogP contribution in [-0.2, 0) is 17.9 Å². The van der Waals surface area contributed by atoms with Crippen molar-refractivity contribution in [3.05, 3.63) is 120 Å². The summed E-state index contributed by atoms with van der Waals surface area (Å²) in [7, 11) is 0. The minimum atomic E-state index is -0.322. The number of aromatic nitrogens is 1. The Hall–Kier alpha value is -3.85. The van der Waals surface area contributed by atoms with Crippen LogP contribution in [0.3, 0.4) is 0 Å². The molecule has 0 aliphatic rings. The maximum absolute atomic E-state index is 14.2. The van der Waals surface area contributed by atoms with Crippen LogP contribution < -0.4 is 0 Å². The van der Waals surface area contributed by atoms with E-state index in [1.54, 1.807) is 0 Å². The lowest BCUT2D eigenvalue weighted by atomic mass is 9.89. The van der Waals surface area contributed by atoms with Gasteiger partial charge in [0.15, 0.2) is 0 Å². The molecule has 5 rings (SSSR count). The lowest BCUT2D eigenvalue weighted by Gasteiger charge is -2.29. The number of hydrogen-bond acceptors (Lipinski definition) is 1. The van der Waals surface area contributed by atoms with E-state index in [9.17, 15) is 4.79 Å². The number of aryl methyl sites for hydroxylation is 1. The Labute approximate surface area is 214 Å². The lowest BCUT2D eigenvalue weighted by molar-refractivity contribution is -0.133. The maximum atomic E-state index is 14.2. The Bertz CT molecular complexity index is 1430. The molecular weight excluding hydrogens is 440 g/mol. The van der Waals surface area contributed by atoms with Crippen LogP contribution >= 0.6 is 0 Å². The van der Waals surface area contributed by atoms with Crippen molar-refractivity contribution < 1.29 is 4.79 Å². The van der Waals surface area contributed by atoms with Crippen LogP contribution in [0.25, 0.3) is 21.8 Å². The van der Waals surface area contributed by atoms with Gasteiger partial charge in [-0.05, 0) is 47.7 Å². The molecule has 182 valence electrons. The molecule has 0 saturated heterocycles. The molecule has 1 amide bonds. The van der Waals surface area contributed by atoms with Gasteiger partial charge in [0.2, 0.25) is 5.91 Å². The summed E-state index contributed by atoms with van der Waals surface area (Å²) in [6, 6.07) is 35.6. The number of nitrogens with zero attached hydrogens (tertiary/aromatic N) is 2. The number of hydrogen-bond donors (Lipinski definition) is 0. The van der Waals surface area contributed by atoms with Crippen LogP contribution in [0.1, 0.15) is 43.4 Å². The predicted molar refractivity (Wildman–Crippen MR) is 150 cm³/mol. The third-order valence-electron chi connectivity index (χ3n) is 6.94. The highest BCUT2D eigenvalue weighted by Gasteiger charge is 2.28. The Kier molecular flexibility index (Phi) is 6.90. The first-order valence-corrected chi connectivity index (χ1v) is 13.0. The van der Waals surface area contributed by atoms with Crippen LogP contribution in [-0.4, -0.2) is 21.9 Å². The summed E-state index contributed by atoms with van der Waals surface area (Å²) >= 11 is 0. The van der Waals surface area contributed by atoms with Crippen molar-refractivity contribution >= 4 is 27.7 Å². The fourth-order valence-electron chi connectivity index (χ4n) is 5.38. The average molecular weight is 475 g/mol. The van der Waals surface area contributed by atoms with Crippen molar-refractivity contribution in [3.63, 3.8) is 0 Å². The smallest absolute Gasteiger partial charge is 0.234 e. The number of carbonyl (C=O) groups excluding carboxylic acids is 1. The monoisotopic (exact) mass is 474 g/mol. The van der Waals surface area contributed by atoms with Gasteiger partial charge in [0.25, 0.3) is 0 Å². The fourth-order valence-corrected chi connectivity index (χ4v) is 5.38. The Morgan fingerprint density at radius 1 is 0.750 bits per heavy atom. The van der Waals surface area contributed by atoms with Gasteiger partial charge in [-0.15, -0.1) is 0 Å². The summed E-state index contributed by atoms with van der Waals surface area (Å²) in [4.78, 5) is 16.3. The van der Waals surface area contributed by atoms with Crippen LogP contribution in [0.4, 0.5) is 0 Å². The number of carbonyl (C=O) groups is 1. The number of fused-ring (bicyclic) bond motifs is 3. The Morgan fingerprint density at radius 2 is 1.33 bits per heavy atom. The van der Waals surface area contributed by atoms with Crippen molar-refractivity contribution in [2.24, 2.45) is 5.92 Å². The molecule has 0 N–H and O–H groups in total. The van der Waals surface area contributed by atoms with Gasteiger partial charge < -0.3 is 9.47 Å². The Morgan fingerprint density at radius 3 is 1.94 bits per heavy atom. The molecule has 0 atom stereocenters. The third-order valence-corrected chi connectivity index (χ3v) is 6.94. The van der Waals surface area contributed by atoms with E-state index >= 15 is 0 Å². The highest BCUT2D eigenvalue weighted by atomic mass is 16.2. The van der Waals surface area contributed by atoms with Crippen molar-refractivity contribution in [1.82, 2.24) is 9.47 Å². The van der Waals surface area contributed by atoms with Crippen molar-refractivity contribution in [3.8, 4) is 0 Å². The predicted octanol–water partition coefficient (Wildman–Crippen LogP) is 7.63. The molecule has 0 spiro atoms. The highest BCUT2D eigenvalue weighted by molar-refractivity contribution is 6.08. The van der Waals surface area contributed by atoms with Crippen LogP contribution in [0.15, 0.2) is 103 Å². The third kappa shape index (κ3) is 4.66. The number of benzene rings is 4. The maximum Gasteiger partial charge on any atom is 0.234 e. The molecule has 1 heterocycles. The molecule has 0 radical (unpaired) electrons. The summed E-state index contributed by atoms with van der Waals surface area (Å²) in [5.41, 5.74) is 5.73. The minimum absolute atomic E-state index is 0.150.